The van der Waals surface area contributed by atoms with Crippen LogP contribution in [0.15, 0.2) is 34.9 Å². The first-order valence-electron chi connectivity index (χ1n) is 12.9. The van der Waals surface area contributed by atoms with Crippen molar-refractivity contribution in [2.45, 2.75) is 44.6 Å². The second-order valence-corrected chi connectivity index (χ2v) is 11.6. The normalized spacial score (nSPS) is 21.4. The number of likely N-dealkylation sites (tertiary alicyclic amines) is 2. The molecule has 1 aromatic carbocycles. The van der Waals surface area contributed by atoms with Crippen LogP contribution < -0.4 is 11.1 Å². The molecule has 1 aliphatic carbocycles. The van der Waals surface area contributed by atoms with E-state index < -0.39 is 6.03 Å². The molecular formula is C27H33BrClN5O2. The van der Waals surface area contributed by atoms with Crippen molar-refractivity contribution in [2.75, 3.05) is 32.7 Å². The molecular weight excluding hydrogens is 542 g/mol. The molecule has 192 valence electrons. The number of aromatic nitrogens is 1. The number of carbonyl (C=O) groups excluding carboxylic acids is 2. The van der Waals surface area contributed by atoms with Crippen LogP contribution in [0.4, 0.5) is 4.79 Å². The fourth-order valence-electron chi connectivity index (χ4n) is 6.05. The minimum Gasteiger partial charge on any atom is -0.352 e. The van der Waals surface area contributed by atoms with Gasteiger partial charge in [0.15, 0.2) is 0 Å². The van der Waals surface area contributed by atoms with Crippen LogP contribution in [0.5, 0.6) is 0 Å². The zero-order valence-electron chi connectivity index (χ0n) is 20.4. The number of benzene rings is 1. The number of nitrogens with zero attached hydrogens (tertiary/aromatic N) is 3. The van der Waals surface area contributed by atoms with E-state index in [4.69, 9.17) is 22.3 Å². The third kappa shape index (κ3) is 5.55. The van der Waals surface area contributed by atoms with Crippen LogP contribution in [0, 0.1) is 11.8 Å². The second kappa shape index (κ2) is 11.1. The molecule has 5 rings (SSSR count). The molecule has 7 nitrogen and oxygen atoms in total. The maximum absolute atomic E-state index is 13.3. The molecule has 3 aliphatic rings. The van der Waals surface area contributed by atoms with Crippen LogP contribution in [0.1, 0.15) is 54.1 Å². The molecule has 0 bridgehead atoms. The largest absolute Gasteiger partial charge is 0.352 e. The summed E-state index contributed by atoms with van der Waals surface area (Å²) < 4.78 is 1.00. The van der Waals surface area contributed by atoms with Crippen molar-refractivity contribution in [1.82, 2.24) is 20.1 Å². The molecule has 2 fully saturated rings. The van der Waals surface area contributed by atoms with E-state index in [1.807, 2.05) is 17.2 Å². The number of nitrogens with one attached hydrogen (secondary N) is 1. The van der Waals surface area contributed by atoms with Crippen LogP contribution in [0.25, 0.3) is 0 Å². The molecule has 2 aromatic rings. The Balaban J connectivity index is 1.26. The Hall–Kier alpha value is -2.16. The molecule has 2 aliphatic heterocycles. The predicted octanol–water partition coefficient (Wildman–Crippen LogP) is 4.30. The van der Waals surface area contributed by atoms with Crippen molar-refractivity contribution < 1.29 is 9.59 Å². The number of fused-ring (bicyclic) bond motifs is 2. The van der Waals surface area contributed by atoms with Crippen molar-refractivity contribution in [3.63, 3.8) is 0 Å². The molecule has 9 heteroatoms. The van der Waals surface area contributed by atoms with Crippen LogP contribution in [0.2, 0.25) is 5.02 Å². The number of primary amides is 1. The number of rotatable bonds is 4. The van der Waals surface area contributed by atoms with Crippen molar-refractivity contribution in [1.29, 1.82) is 0 Å². The smallest absolute Gasteiger partial charge is 0.312 e. The zero-order valence-corrected chi connectivity index (χ0v) is 22.7. The lowest BCUT2D eigenvalue weighted by atomic mass is 9.89. The monoisotopic (exact) mass is 573 g/mol. The number of halogens is 2. The van der Waals surface area contributed by atoms with Gasteiger partial charge in [0.05, 0.1) is 11.7 Å². The average Bonchev–Trinajstić information content (AvgIpc) is 3.03. The molecule has 2 saturated heterocycles. The van der Waals surface area contributed by atoms with Crippen molar-refractivity contribution >= 4 is 39.5 Å². The molecule has 3 N–H and O–H groups in total. The van der Waals surface area contributed by atoms with Gasteiger partial charge in [-0.15, -0.1) is 0 Å². The quantitative estimate of drug-likeness (QED) is 0.570. The lowest BCUT2D eigenvalue weighted by Crippen LogP contribution is -2.47. The van der Waals surface area contributed by atoms with E-state index in [2.05, 4.69) is 44.3 Å². The minimum absolute atomic E-state index is 0.0642. The lowest BCUT2D eigenvalue weighted by Gasteiger charge is -2.40. The van der Waals surface area contributed by atoms with Gasteiger partial charge in [0, 0.05) is 41.2 Å². The van der Waals surface area contributed by atoms with Gasteiger partial charge < -0.3 is 16.0 Å². The molecule has 36 heavy (non-hydrogen) atoms. The van der Waals surface area contributed by atoms with Gasteiger partial charge in [-0.2, -0.15) is 0 Å². The highest BCUT2D eigenvalue weighted by atomic mass is 79.9. The zero-order chi connectivity index (χ0) is 25.2. The van der Waals surface area contributed by atoms with E-state index in [-0.39, 0.29) is 17.9 Å². The summed E-state index contributed by atoms with van der Waals surface area (Å²) >= 11 is 9.96. The molecule has 0 spiro atoms. The van der Waals surface area contributed by atoms with E-state index in [1.165, 1.54) is 16.7 Å². The number of hydrogen-bond donors (Lipinski definition) is 2. The number of aryl methyl sites for hydroxylation is 2. The molecule has 3 amide bonds. The topological polar surface area (TPSA) is 91.6 Å². The van der Waals surface area contributed by atoms with E-state index in [9.17, 15) is 9.59 Å². The number of pyridine rings is 1. The van der Waals surface area contributed by atoms with Crippen LogP contribution in [-0.2, 0) is 17.6 Å². The fraction of sp³-hybridized carbons (Fsp3) is 0.519. The Morgan fingerprint density at radius 2 is 1.78 bits per heavy atom. The van der Waals surface area contributed by atoms with Crippen LogP contribution in [0.3, 0.4) is 0 Å². The van der Waals surface area contributed by atoms with E-state index in [0.717, 1.165) is 79.9 Å². The highest BCUT2D eigenvalue weighted by molar-refractivity contribution is 9.10. The summed E-state index contributed by atoms with van der Waals surface area (Å²) in [6.45, 7) is 3.83. The van der Waals surface area contributed by atoms with E-state index in [0.29, 0.717) is 12.5 Å². The van der Waals surface area contributed by atoms with Crippen molar-refractivity contribution in [3.8, 4) is 0 Å². The highest BCUT2D eigenvalue weighted by Crippen LogP contribution is 2.39. The summed E-state index contributed by atoms with van der Waals surface area (Å²) in [6, 6.07) is 8.04. The van der Waals surface area contributed by atoms with E-state index >= 15 is 0 Å². The van der Waals surface area contributed by atoms with Crippen LogP contribution in [-0.4, -0.2) is 59.4 Å². The van der Waals surface area contributed by atoms with Crippen molar-refractivity contribution in [3.05, 3.63) is 62.3 Å². The number of piperidine rings is 2. The van der Waals surface area contributed by atoms with Gasteiger partial charge in [-0.05, 0) is 108 Å². The summed E-state index contributed by atoms with van der Waals surface area (Å²) in [5.41, 5.74) is 10.2. The standard InChI is InChI=1S/C27H33BrClN5O2/c28-21-13-20-2-1-19-14-22(29)3-4-23(19)25(24(20)31-16-21)33-11-7-18(8-12-33)26(35)34-9-5-17(6-10-34)15-32-27(30)36/h3-4,13-14,16-18,25H,1-2,5-12,15H2,(H3,30,32,36). The first-order valence-corrected chi connectivity index (χ1v) is 14.0. The molecule has 1 atom stereocenters. The molecule has 1 aromatic heterocycles. The Bertz CT molecular complexity index is 1080. The van der Waals surface area contributed by atoms with Gasteiger partial charge in [-0.3, -0.25) is 14.7 Å². The van der Waals surface area contributed by atoms with Crippen LogP contribution >= 0.6 is 27.5 Å². The first-order chi connectivity index (χ1) is 17.4. The van der Waals surface area contributed by atoms with Gasteiger partial charge in [0.2, 0.25) is 5.91 Å². The predicted molar refractivity (Wildman–Crippen MR) is 144 cm³/mol. The SMILES string of the molecule is NC(=O)NCC1CCN(C(=O)C2CCN(C3c4ccc(Cl)cc4CCc4cc(Br)cnc43)CC2)CC1. The Labute approximate surface area is 225 Å². The van der Waals surface area contributed by atoms with Gasteiger partial charge >= 0.3 is 6.03 Å². The minimum atomic E-state index is -0.481. The first kappa shape index (κ1) is 25.5. The van der Waals surface area contributed by atoms with Crippen molar-refractivity contribution in [2.24, 2.45) is 17.6 Å². The summed E-state index contributed by atoms with van der Waals surface area (Å²) in [5, 5.41) is 3.47. The van der Waals surface area contributed by atoms with Gasteiger partial charge in [0.1, 0.15) is 0 Å². The second-order valence-electron chi connectivity index (χ2n) is 10.3. The van der Waals surface area contributed by atoms with Gasteiger partial charge in [-0.1, -0.05) is 17.7 Å². The Morgan fingerprint density at radius 3 is 2.50 bits per heavy atom. The maximum atomic E-state index is 13.3. The highest BCUT2D eigenvalue weighted by Gasteiger charge is 2.36. The summed E-state index contributed by atoms with van der Waals surface area (Å²) in [7, 11) is 0. The number of amides is 3. The summed E-state index contributed by atoms with van der Waals surface area (Å²) in [6.07, 6.45) is 7.30. The number of hydrogen-bond acceptors (Lipinski definition) is 4. The Morgan fingerprint density at radius 1 is 1.06 bits per heavy atom. The van der Waals surface area contributed by atoms with E-state index in [1.54, 1.807) is 0 Å². The average molecular weight is 575 g/mol. The third-order valence-electron chi connectivity index (χ3n) is 8.03. The summed E-state index contributed by atoms with van der Waals surface area (Å²) in [5.74, 6) is 0.737. The summed E-state index contributed by atoms with van der Waals surface area (Å²) in [4.78, 5) is 33.7. The molecule has 3 heterocycles. The van der Waals surface area contributed by atoms with Gasteiger partial charge in [-0.25, -0.2) is 4.79 Å². The fourth-order valence-corrected chi connectivity index (χ4v) is 6.62. The lowest BCUT2D eigenvalue weighted by molar-refractivity contribution is -0.138. The van der Waals surface area contributed by atoms with Gasteiger partial charge in [0.25, 0.3) is 0 Å². The number of carbonyl (C=O) groups is 2. The molecule has 1 unspecified atom stereocenters. The maximum Gasteiger partial charge on any atom is 0.312 e. The Kier molecular flexibility index (Phi) is 7.84. The third-order valence-corrected chi connectivity index (χ3v) is 8.69. The molecule has 0 radical (unpaired) electrons. The molecule has 0 saturated carbocycles. The number of nitrogens with two attached hydrogens (primary N) is 1. The number of urea groups is 1.